The molecule has 2 heterocycles. The molecular weight excluding hydrogens is 300 g/mol. The molecule has 2 aromatic heterocycles. The second-order valence-corrected chi connectivity index (χ2v) is 5.65. The maximum absolute atomic E-state index is 11.1. The van der Waals surface area contributed by atoms with Gasteiger partial charge in [-0.3, -0.25) is 0 Å². The SMILES string of the molecule is NC(=O)NCc1cc(-c2c[nH]c3ccccc23)nc2ccccc12. The van der Waals surface area contributed by atoms with Crippen LogP contribution in [0.2, 0.25) is 0 Å². The number of carbonyl (C=O) groups is 1. The number of nitrogens with zero attached hydrogens (tertiary/aromatic N) is 1. The summed E-state index contributed by atoms with van der Waals surface area (Å²) in [6, 6.07) is 17.5. The highest BCUT2D eigenvalue weighted by Gasteiger charge is 2.11. The summed E-state index contributed by atoms with van der Waals surface area (Å²) in [7, 11) is 0. The highest BCUT2D eigenvalue weighted by molar-refractivity contribution is 5.96. The zero-order valence-electron chi connectivity index (χ0n) is 12.9. The molecule has 4 N–H and O–H groups in total. The number of amides is 2. The van der Waals surface area contributed by atoms with Crippen LogP contribution < -0.4 is 11.1 Å². The fraction of sp³-hybridized carbons (Fsp3) is 0.0526. The molecule has 2 aromatic carbocycles. The topological polar surface area (TPSA) is 83.8 Å². The van der Waals surface area contributed by atoms with E-state index in [1.54, 1.807) is 0 Å². The van der Waals surface area contributed by atoms with Gasteiger partial charge < -0.3 is 16.0 Å². The van der Waals surface area contributed by atoms with Crippen molar-refractivity contribution >= 4 is 27.8 Å². The number of para-hydroxylation sites is 2. The van der Waals surface area contributed by atoms with Crippen LogP contribution in [0.3, 0.4) is 0 Å². The van der Waals surface area contributed by atoms with E-state index >= 15 is 0 Å². The maximum atomic E-state index is 11.1. The number of pyridine rings is 1. The number of fused-ring (bicyclic) bond motifs is 2. The number of primary amides is 1. The lowest BCUT2D eigenvalue weighted by Gasteiger charge is -2.10. The van der Waals surface area contributed by atoms with E-state index in [-0.39, 0.29) is 0 Å². The molecule has 0 unspecified atom stereocenters. The first kappa shape index (κ1) is 14.3. The van der Waals surface area contributed by atoms with Crippen molar-refractivity contribution in [3.05, 3.63) is 66.4 Å². The van der Waals surface area contributed by atoms with E-state index in [1.165, 1.54) is 0 Å². The van der Waals surface area contributed by atoms with Gasteiger partial charge in [-0.05, 0) is 23.8 Å². The zero-order valence-corrected chi connectivity index (χ0v) is 12.9. The van der Waals surface area contributed by atoms with E-state index in [9.17, 15) is 4.79 Å². The first-order valence-electron chi connectivity index (χ1n) is 7.71. The number of hydrogen-bond acceptors (Lipinski definition) is 2. The number of H-pyrrole nitrogens is 1. The molecule has 0 saturated heterocycles. The van der Waals surface area contributed by atoms with E-state index in [4.69, 9.17) is 10.7 Å². The third-order valence-corrected chi connectivity index (χ3v) is 4.12. The van der Waals surface area contributed by atoms with E-state index in [1.807, 2.05) is 54.7 Å². The number of benzene rings is 2. The summed E-state index contributed by atoms with van der Waals surface area (Å²) in [5.41, 5.74) is 10.1. The average molecular weight is 316 g/mol. The van der Waals surface area contributed by atoms with E-state index < -0.39 is 6.03 Å². The van der Waals surface area contributed by atoms with Gasteiger partial charge in [-0.25, -0.2) is 9.78 Å². The molecule has 0 fully saturated rings. The van der Waals surface area contributed by atoms with Gasteiger partial charge in [0, 0.05) is 34.6 Å². The van der Waals surface area contributed by atoms with E-state index in [2.05, 4.69) is 16.4 Å². The summed E-state index contributed by atoms with van der Waals surface area (Å²) in [6.45, 7) is 0.369. The Morgan fingerprint density at radius 3 is 2.67 bits per heavy atom. The molecule has 2 amide bonds. The summed E-state index contributed by atoms with van der Waals surface area (Å²) in [5.74, 6) is 0. The first-order valence-corrected chi connectivity index (χ1v) is 7.71. The molecule has 24 heavy (non-hydrogen) atoms. The molecule has 0 aliphatic carbocycles. The van der Waals surface area contributed by atoms with E-state index in [0.717, 1.165) is 38.6 Å². The molecule has 0 aliphatic heterocycles. The van der Waals surface area contributed by atoms with Crippen LogP contribution >= 0.6 is 0 Å². The normalized spacial score (nSPS) is 11.0. The highest BCUT2D eigenvalue weighted by atomic mass is 16.2. The molecule has 0 atom stereocenters. The maximum Gasteiger partial charge on any atom is 0.312 e. The molecule has 4 aromatic rings. The predicted molar refractivity (Wildman–Crippen MR) is 95.5 cm³/mol. The number of rotatable bonds is 3. The monoisotopic (exact) mass is 316 g/mol. The Hall–Kier alpha value is -3.34. The third-order valence-electron chi connectivity index (χ3n) is 4.12. The van der Waals surface area contributed by atoms with Crippen molar-refractivity contribution in [2.75, 3.05) is 0 Å². The van der Waals surface area contributed by atoms with Crippen LogP contribution in [0.15, 0.2) is 60.8 Å². The molecule has 118 valence electrons. The number of urea groups is 1. The van der Waals surface area contributed by atoms with E-state index in [0.29, 0.717) is 6.54 Å². The minimum atomic E-state index is -0.537. The van der Waals surface area contributed by atoms with Crippen LogP contribution in [-0.2, 0) is 6.54 Å². The molecular formula is C19H16N4O. The van der Waals surface area contributed by atoms with Gasteiger partial charge in [-0.15, -0.1) is 0 Å². The number of nitrogens with one attached hydrogen (secondary N) is 2. The summed E-state index contributed by atoms with van der Waals surface area (Å²) in [5, 5.41) is 4.80. The number of hydrogen-bond donors (Lipinski definition) is 3. The van der Waals surface area contributed by atoms with Crippen molar-refractivity contribution in [3.63, 3.8) is 0 Å². The number of nitrogens with two attached hydrogens (primary N) is 1. The van der Waals surface area contributed by atoms with Crippen molar-refractivity contribution in [2.24, 2.45) is 5.73 Å². The number of aromatic amines is 1. The lowest BCUT2D eigenvalue weighted by molar-refractivity contribution is 0.248. The van der Waals surface area contributed by atoms with Crippen molar-refractivity contribution in [1.29, 1.82) is 0 Å². The summed E-state index contributed by atoms with van der Waals surface area (Å²) < 4.78 is 0. The van der Waals surface area contributed by atoms with Crippen LogP contribution in [0.25, 0.3) is 33.1 Å². The van der Waals surface area contributed by atoms with Gasteiger partial charge in [0.05, 0.1) is 11.2 Å². The van der Waals surface area contributed by atoms with Crippen molar-refractivity contribution < 1.29 is 4.79 Å². The second kappa shape index (κ2) is 5.70. The predicted octanol–water partition coefficient (Wildman–Crippen LogP) is 3.55. The fourth-order valence-corrected chi connectivity index (χ4v) is 3.00. The molecule has 0 spiro atoms. The summed E-state index contributed by atoms with van der Waals surface area (Å²) in [6.07, 6.45) is 1.97. The molecule has 0 bridgehead atoms. The molecule has 0 saturated carbocycles. The number of aromatic nitrogens is 2. The molecule has 5 nitrogen and oxygen atoms in total. The van der Waals surface area contributed by atoms with Crippen molar-refractivity contribution in [3.8, 4) is 11.3 Å². The second-order valence-electron chi connectivity index (χ2n) is 5.65. The van der Waals surface area contributed by atoms with Gasteiger partial charge in [0.1, 0.15) is 0 Å². The first-order chi connectivity index (χ1) is 11.7. The Kier molecular flexibility index (Phi) is 3.39. The number of carbonyl (C=O) groups excluding carboxylic acids is 1. The Morgan fingerprint density at radius 2 is 1.83 bits per heavy atom. The lowest BCUT2D eigenvalue weighted by atomic mass is 10.0. The van der Waals surface area contributed by atoms with Gasteiger partial charge in [0.25, 0.3) is 0 Å². The third kappa shape index (κ3) is 2.46. The largest absolute Gasteiger partial charge is 0.360 e. The van der Waals surface area contributed by atoms with Gasteiger partial charge in [-0.1, -0.05) is 36.4 Å². The van der Waals surface area contributed by atoms with Crippen molar-refractivity contribution in [1.82, 2.24) is 15.3 Å². The molecule has 0 radical (unpaired) electrons. The fourth-order valence-electron chi connectivity index (χ4n) is 3.00. The van der Waals surface area contributed by atoms with Gasteiger partial charge in [-0.2, -0.15) is 0 Å². The summed E-state index contributed by atoms with van der Waals surface area (Å²) in [4.78, 5) is 19.2. The van der Waals surface area contributed by atoms with Crippen LogP contribution in [0.1, 0.15) is 5.56 Å². The quantitative estimate of drug-likeness (QED) is 0.540. The molecule has 4 rings (SSSR count). The zero-order chi connectivity index (χ0) is 16.5. The van der Waals surface area contributed by atoms with Crippen molar-refractivity contribution in [2.45, 2.75) is 6.54 Å². The molecule has 0 aliphatic rings. The minimum Gasteiger partial charge on any atom is -0.360 e. The van der Waals surface area contributed by atoms with Crippen LogP contribution in [-0.4, -0.2) is 16.0 Å². The van der Waals surface area contributed by atoms with Crippen LogP contribution in [0, 0.1) is 0 Å². The lowest BCUT2D eigenvalue weighted by Crippen LogP contribution is -2.28. The Labute approximate surface area is 138 Å². The smallest absolute Gasteiger partial charge is 0.312 e. The Morgan fingerprint density at radius 1 is 1.08 bits per heavy atom. The minimum absolute atomic E-state index is 0.369. The average Bonchev–Trinajstić information content (AvgIpc) is 3.03. The van der Waals surface area contributed by atoms with Crippen LogP contribution in [0.4, 0.5) is 4.79 Å². The Bertz CT molecular complexity index is 1050. The van der Waals surface area contributed by atoms with Gasteiger partial charge in [0.15, 0.2) is 0 Å². The Balaban J connectivity index is 1.91. The standard InChI is InChI=1S/C19H16N4O/c20-19(24)22-10-12-9-18(23-17-8-4-1-5-13(12)17)15-11-21-16-7-3-2-6-14(15)16/h1-9,11,21H,10H2,(H3,20,22,24). The molecule has 5 heteroatoms. The van der Waals surface area contributed by atoms with Gasteiger partial charge in [0.2, 0.25) is 0 Å². The highest BCUT2D eigenvalue weighted by Crippen LogP contribution is 2.30. The van der Waals surface area contributed by atoms with Crippen LogP contribution in [0.5, 0.6) is 0 Å². The van der Waals surface area contributed by atoms with Gasteiger partial charge >= 0.3 is 6.03 Å². The summed E-state index contributed by atoms with van der Waals surface area (Å²) >= 11 is 0.